The topological polar surface area (TPSA) is 110 Å². The van der Waals surface area contributed by atoms with Crippen LogP contribution in [0.15, 0.2) is 67.1 Å². The molecule has 0 fully saturated rings. The molecule has 0 aliphatic rings. The third-order valence-corrected chi connectivity index (χ3v) is 3.31. The summed E-state index contributed by atoms with van der Waals surface area (Å²) in [6, 6.07) is 12.4. The highest BCUT2D eigenvalue weighted by molar-refractivity contribution is 6.04. The number of non-ortho nitro benzene ring substituents is 1. The van der Waals surface area contributed by atoms with Crippen molar-refractivity contribution in [1.82, 2.24) is 9.97 Å². The van der Waals surface area contributed by atoms with Crippen LogP contribution in [-0.4, -0.2) is 20.8 Å². The molecule has 0 aliphatic carbocycles. The predicted octanol–water partition coefficient (Wildman–Crippen LogP) is 3.38. The Bertz CT molecular complexity index is 898. The molecule has 0 saturated carbocycles. The number of hydrogen-bond donors (Lipinski definition) is 2. The van der Waals surface area contributed by atoms with Gasteiger partial charge < -0.3 is 10.6 Å². The molecule has 124 valence electrons. The minimum absolute atomic E-state index is 0.0711. The maximum atomic E-state index is 12.2. The van der Waals surface area contributed by atoms with Crippen LogP contribution in [0, 0.1) is 10.1 Å². The second kappa shape index (κ2) is 7.18. The van der Waals surface area contributed by atoms with Gasteiger partial charge in [-0.2, -0.15) is 0 Å². The first-order valence-corrected chi connectivity index (χ1v) is 7.31. The molecule has 2 aromatic heterocycles. The minimum atomic E-state index is -0.516. The summed E-state index contributed by atoms with van der Waals surface area (Å²) < 4.78 is 0. The number of carbonyl (C=O) groups excluding carboxylic acids is 1. The minimum Gasteiger partial charge on any atom is -0.355 e. The number of carbonyl (C=O) groups is 1. The van der Waals surface area contributed by atoms with Gasteiger partial charge in [-0.1, -0.05) is 0 Å². The number of nitrogens with one attached hydrogen (secondary N) is 2. The van der Waals surface area contributed by atoms with Gasteiger partial charge in [-0.15, -0.1) is 0 Å². The van der Waals surface area contributed by atoms with Gasteiger partial charge in [0.05, 0.1) is 4.92 Å². The van der Waals surface area contributed by atoms with Gasteiger partial charge in [0.25, 0.3) is 11.6 Å². The fraction of sp³-hybridized carbons (Fsp3) is 0. The summed E-state index contributed by atoms with van der Waals surface area (Å²) >= 11 is 0. The molecular weight excluding hydrogens is 322 g/mol. The van der Waals surface area contributed by atoms with E-state index in [1.165, 1.54) is 24.3 Å². The van der Waals surface area contributed by atoms with Gasteiger partial charge in [0, 0.05) is 53.7 Å². The number of nitro groups is 1. The van der Waals surface area contributed by atoms with E-state index >= 15 is 0 Å². The van der Waals surface area contributed by atoms with Crippen molar-refractivity contribution < 1.29 is 9.72 Å². The average Bonchev–Trinajstić information content (AvgIpc) is 2.63. The van der Waals surface area contributed by atoms with Crippen molar-refractivity contribution >= 4 is 28.8 Å². The smallest absolute Gasteiger partial charge is 0.269 e. The molecule has 1 aromatic carbocycles. The lowest BCUT2D eigenvalue weighted by molar-refractivity contribution is -0.384. The zero-order valence-electron chi connectivity index (χ0n) is 12.9. The van der Waals surface area contributed by atoms with Crippen molar-refractivity contribution in [1.29, 1.82) is 0 Å². The number of nitrogens with zero attached hydrogens (tertiary/aromatic N) is 3. The number of benzene rings is 1. The van der Waals surface area contributed by atoms with Gasteiger partial charge in [0.1, 0.15) is 5.82 Å². The normalized spacial score (nSPS) is 10.1. The van der Waals surface area contributed by atoms with E-state index in [4.69, 9.17) is 0 Å². The number of amides is 1. The molecule has 0 radical (unpaired) electrons. The number of aromatic nitrogens is 2. The maximum Gasteiger partial charge on any atom is 0.269 e. The molecule has 25 heavy (non-hydrogen) atoms. The Labute approximate surface area is 142 Å². The Morgan fingerprint density at radius 2 is 1.64 bits per heavy atom. The van der Waals surface area contributed by atoms with Crippen molar-refractivity contribution in [2.24, 2.45) is 0 Å². The molecule has 2 heterocycles. The van der Waals surface area contributed by atoms with Crippen molar-refractivity contribution in [3.63, 3.8) is 0 Å². The van der Waals surface area contributed by atoms with Gasteiger partial charge in [-0.05, 0) is 30.3 Å². The van der Waals surface area contributed by atoms with E-state index in [0.717, 1.165) is 11.4 Å². The summed E-state index contributed by atoms with van der Waals surface area (Å²) in [5.74, 6) is -0.0362. The third-order valence-electron chi connectivity index (χ3n) is 3.31. The van der Waals surface area contributed by atoms with Crippen LogP contribution in [0.4, 0.5) is 22.9 Å². The van der Waals surface area contributed by atoms with Crippen LogP contribution in [0.5, 0.6) is 0 Å². The molecule has 1 amide bonds. The van der Waals surface area contributed by atoms with E-state index in [1.807, 2.05) is 12.1 Å². The van der Waals surface area contributed by atoms with Crippen molar-refractivity contribution in [2.75, 3.05) is 10.6 Å². The Morgan fingerprint density at radius 1 is 0.960 bits per heavy atom. The largest absolute Gasteiger partial charge is 0.355 e. The van der Waals surface area contributed by atoms with Gasteiger partial charge in [-0.25, -0.2) is 4.98 Å². The van der Waals surface area contributed by atoms with Crippen molar-refractivity contribution in [3.8, 4) is 0 Å². The molecule has 0 atom stereocenters. The highest BCUT2D eigenvalue weighted by atomic mass is 16.6. The lowest BCUT2D eigenvalue weighted by Crippen LogP contribution is -2.13. The fourth-order valence-corrected chi connectivity index (χ4v) is 2.10. The van der Waals surface area contributed by atoms with Gasteiger partial charge in [-0.3, -0.25) is 19.9 Å². The first-order valence-electron chi connectivity index (χ1n) is 7.31. The summed E-state index contributed by atoms with van der Waals surface area (Å²) in [6.45, 7) is 0. The Balaban J connectivity index is 1.71. The zero-order chi connectivity index (χ0) is 17.6. The summed E-state index contributed by atoms with van der Waals surface area (Å²) in [5, 5.41) is 16.5. The van der Waals surface area contributed by atoms with Crippen LogP contribution in [-0.2, 0) is 0 Å². The molecule has 3 aromatic rings. The Kier molecular flexibility index (Phi) is 4.61. The number of rotatable bonds is 5. The van der Waals surface area contributed by atoms with Crippen LogP contribution < -0.4 is 10.6 Å². The van der Waals surface area contributed by atoms with Gasteiger partial charge in [0.2, 0.25) is 0 Å². The molecule has 8 heteroatoms. The molecule has 8 nitrogen and oxygen atoms in total. The number of pyridine rings is 2. The van der Waals surface area contributed by atoms with Crippen LogP contribution in [0.25, 0.3) is 0 Å². The first kappa shape index (κ1) is 16.1. The standard InChI is InChI=1S/C17H13N5O3/c23-17(12-1-3-15(4-2-12)22(24)25)21-16-11-14(7-10-19-16)20-13-5-8-18-9-6-13/h1-11H,(H2,18,19,20,21,23). The van der Waals surface area contributed by atoms with E-state index in [0.29, 0.717) is 11.4 Å². The lowest BCUT2D eigenvalue weighted by atomic mass is 10.2. The van der Waals surface area contributed by atoms with Crippen LogP contribution >= 0.6 is 0 Å². The van der Waals surface area contributed by atoms with E-state index in [9.17, 15) is 14.9 Å². The molecule has 0 spiro atoms. The monoisotopic (exact) mass is 335 g/mol. The first-order chi connectivity index (χ1) is 12.1. The average molecular weight is 335 g/mol. The molecule has 0 unspecified atom stereocenters. The summed E-state index contributed by atoms with van der Waals surface area (Å²) in [6.07, 6.45) is 4.90. The van der Waals surface area contributed by atoms with E-state index in [2.05, 4.69) is 20.6 Å². The van der Waals surface area contributed by atoms with Crippen molar-refractivity contribution in [3.05, 3.63) is 82.8 Å². The summed E-state index contributed by atoms with van der Waals surface area (Å²) in [5.41, 5.74) is 1.84. The van der Waals surface area contributed by atoms with Crippen LogP contribution in [0.3, 0.4) is 0 Å². The summed E-state index contributed by atoms with van der Waals surface area (Å²) in [7, 11) is 0. The molecule has 2 N–H and O–H groups in total. The van der Waals surface area contributed by atoms with E-state index in [1.54, 1.807) is 30.7 Å². The molecule has 3 rings (SSSR count). The highest BCUT2D eigenvalue weighted by Crippen LogP contribution is 2.18. The zero-order valence-corrected chi connectivity index (χ0v) is 12.9. The van der Waals surface area contributed by atoms with E-state index < -0.39 is 10.8 Å². The molecule has 0 saturated heterocycles. The number of nitro benzene ring substituents is 1. The third kappa shape index (κ3) is 4.14. The van der Waals surface area contributed by atoms with Gasteiger partial charge in [0.15, 0.2) is 0 Å². The number of hydrogen-bond acceptors (Lipinski definition) is 6. The van der Waals surface area contributed by atoms with Crippen LogP contribution in [0.1, 0.15) is 10.4 Å². The fourth-order valence-electron chi connectivity index (χ4n) is 2.10. The summed E-state index contributed by atoms with van der Waals surface area (Å²) in [4.78, 5) is 30.4. The molecular formula is C17H13N5O3. The lowest BCUT2D eigenvalue weighted by Gasteiger charge is -2.08. The number of anilines is 3. The second-order valence-electron chi connectivity index (χ2n) is 5.05. The molecule has 0 bridgehead atoms. The predicted molar refractivity (Wildman–Crippen MR) is 92.8 cm³/mol. The molecule has 0 aliphatic heterocycles. The van der Waals surface area contributed by atoms with Crippen molar-refractivity contribution in [2.45, 2.75) is 0 Å². The Morgan fingerprint density at radius 3 is 2.32 bits per heavy atom. The van der Waals surface area contributed by atoms with Crippen LogP contribution in [0.2, 0.25) is 0 Å². The second-order valence-corrected chi connectivity index (χ2v) is 5.05. The van der Waals surface area contributed by atoms with E-state index in [-0.39, 0.29) is 5.69 Å². The SMILES string of the molecule is O=C(Nc1cc(Nc2ccncc2)ccn1)c1ccc([N+](=O)[O-])cc1. The maximum absolute atomic E-state index is 12.2. The van der Waals surface area contributed by atoms with Gasteiger partial charge >= 0.3 is 0 Å². The highest BCUT2D eigenvalue weighted by Gasteiger charge is 2.10. The quantitative estimate of drug-likeness (QED) is 0.546. The Hall–Kier alpha value is -3.81.